The summed E-state index contributed by atoms with van der Waals surface area (Å²) in [6.07, 6.45) is 3.24. The van der Waals surface area contributed by atoms with Crippen LogP contribution in [0.4, 0.5) is 0 Å². The van der Waals surface area contributed by atoms with Crippen molar-refractivity contribution in [1.29, 1.82) is 0 Å². The fourth-order valence-corrected chi connectivity index (χ4v) is 3.07. The van der Waals surface area contributed by atoms with Gasteiger partial charge in [-0.1, -0.05) is 61.9 Å². The molecule has 2 atom stereocenters. The average molecular weight is 325 g/mol. The van der Waals surface area contributed by atoms with Crippen LogP contribution in [0, 0.1) is 12.8 Å². The molecular weight excluding hydrogens is 294 g/mol. The Bertz CT molecular complexity index is 606. The van der Waals surface area contributed by atoms with E-state index in [1.807, 2.05) is 0 Å². The summed E-state index contributed by atoms with van der Waals surface area (Å²) in [6, 6.07) is 17.6. The maximum Gasteiger partial charge on any atom is 0.0474 e. The summed E-state index contributed by atoms with van der Waals surface area (Å²) in [6.45, 7) is 7.57. The van der Waals surface area contributed by atoms with Gasteiger partial charge in [-0.15, -0.1) is 0 Å². The van der Waals surface area contributed by atoms with Crippen LogP contribution in [0.2, 0.25) is 0 Å². The number of nitrogens with one attached hydrogen (secondary N) is 1. The van der Waals surface area contributed by atoms with Crippen molar-refractivity contribution < 1.29 is 5.11 Å². The molecule has 0 radical (unpaired) electrons. The normalized spacial score (nSPS) is 13.7. The number of aliphatic hydroxyl groups excluding tert-OH is 1. The predicted molar refractivity (Wildman–Crippen MR) is 102 cm³/mol. The Balaban J connectivity index is 1.88. The monoisotopic (exact) mass is 325 g/mol. The van der Waals surface area contributed by atoms with Gasteiger partial charge in [-0.3, -0.25) is 0 Å². The van der Waals surface area contributed by atoms with Gasteiger partial charge < -0.3 is 10.4 Å². The smallest absolute Gasteiger partial charge is 0.0474 e. The minimum atomic E-state index is 0.212. The molecule has 0 aliphatic carbocycles. The fraction of sp³-hybridized carbons (Fsp3) is 0.455. The highest BCUT2D eigenvalue weighted by Crippen LogP contribution is 2.17. The molecule has 0 saturated heterocycles. The fourth-order valence-electron chi connectivity index (χ4n) is 3.07. The molecule has 2 aromatic rings. The average Bonchev–Trinajstić information content (AvgIpc) is 2.61. The summed E-state index contributed by atoms with van der Waals surface area (Å²) >= 11 is 0. The van der Waals surface area contributed by atoms with Gasteiger partial charge in [0.1, 0.15) is 0 Å². The van der Waals surface area contributed by atoms with Gasteiger partial charge in [0.2, 0.25) is 0 Å². The summed E-state index contributed by atoms with van der Waals surface area (Å²) in [5.41, 5.74) is 5.34. The summed E-state index contributed by atoms with van der Waals surface area (Å²) in [7, 11) is 0. The molecular formula is C22H31NO. The summed E-state index contributed by atoms with van der Waals surface area (Å²) in [5.74, 6) is 0.243. The molecule has 0 aromatic heterocycles. The van der Waals surface area contributed by atoms with E-state index in [1.165, 1.54) is 28.7 Å². The van der Waals surface area contributed by atoms with Crippen molar-refractivity contribution in [1.82, 2.24) is 5.32 Å². The molecule has 0 heterocycles. The third kappa shape index (κ3) is 5.47. The molecule has 2 N–H and O–H groups in total. The minimum Gasteiger partial charge on any atom is -0.396 e. The van der Waals surface area contributed by atoms with Crippen molar-refractivity contribution in [3.8, 4) is 0 Å². The zero-order valence-electron chi connectivity index (χ0n) is 15.3. The van der Waals surface area contributed by atoms with Gasteiger partial charge in [-0.25, -0.2) is 0 Å². The van der Waals surface area contributed by atoms with Gasteiger partial charge >= 0.3 is 0 Å². The quantitative estimate of drug-likeness (QED) is 0.714. The molecule has 130 valence electrons. The lowest BCUT2D eigenvalue weighted by molar-refractivity contribution is 0.218. The first-order valence-corrected chi connectivity index (χ1v) is 9.11. The summed E-state index contributed by atoms with van der Waals surface area (Å²) in [4.78, 5) is 0. The van der Waals surface area contributed by atoms with E-state index >= 15 is 0 Å². The third-order valence-corrected chi connectivity index (χ3v) is 4.76. The second-order valence-electron chi connectivity index (χ2n) is 6.80. The van der Waals surface area contributed by atoms with Gasteiger partial charge in [0, 0.05) is 19.2 Å². The number of hydrogen-bond donors (Lipinski definition) is 2. The van der Waals surface area contributed by atoms with Crippen LogP contribution < -0.4 is 5.32 Å². The first-order chi connectivity index (χ1) is 11.6. The lowest BCUT2D eigenvalue weighted by atomic mass is 9.96. The maximum absolute atomic E-state index is 9.72. The maximum atomic E-state index is 9.72. The van der Waals surface area contributed by atoms with Crippen LogP contribution in [0.25, 0.3) is 0 Å². The molecule has 2 unspecified atom stereocenters. The predicted octanol–water partition coefficient (Wildman–Crippen LogP) is 4.45. The van der Waals surface area contributed by atoms with Gasteiger partial charge in [0.25, 0.3) is 0 Å². The summed E-state index contributed by atoms with van der Waals surface area (Å²) in [5, 5.41) is 13.3. The Morgan fingerprint density at radius 2 is 1.75 bits per heavy atom. The molecule has 0 aliphatic heterocycles. The zero-order chi connectivity index (χ0) is 17.4. The Kier molecular flexibility index (Phi) is 7.48. The Labute approximate surface area is 146 Å². The number of aliphatic hydroxyl groups is 1. The molecule has 24 heavy (non-hydrogen) atoms. The van der Waals surface area contributed by atoms with Crippen LogP contribution in [0.3, 0.4) is 0 Å². The number of hydrogen-bond acceptors (Lipinski definition) is 2. The van der Waals surface area contributed by atoms with Crippen molar-refractivity contribution in [2.24, 2.45) is 5.92 Å². The molecule has 0 spiro atoms. The molecule has 2 heteroatoms. The van der Waals surface area contributed by atoms with E-state index in [0.29, 0.717) is 6.04 Å². The van der Waals surface area contributed by atoms with E-state index in [9.17, 15) is 5.11 Å². The van der Waals surface area contributed by atoms with Crippen molar-refractivity contribution in [3.63, 3.8) is 0 Å². The van der Waals surface area contributed by atoms with E-state index in [-0.39, 0.29) is 12.5 Å². The summed E-state index contributed by atoms with van der Waals surface area (Å²) < 4.78 is 0. The van der Waals surface area contributed by atoms with E-state index in [0.717, 1.165) is 19.4 Å². The Morgan fingerprint density at radius 1 is 1.04 bits per heavy atom. The number of aryl methyl sites for hydroxylation is 2. The Hall–Kier alpha value is -1.64. The molecule has 2 nitrogen and oxygen atoms in total. The molecule has 2 rings (SSSR count). The highest BCUT2D eigenvalue weighted by molar-refractivity contribution is 5.26. The molecule has 2 aromatic carbocycles. The lowest BCUT2D eigenvalue weighted by Crippen LogP contribution is -2.29. The topological polar surface area (TPSA) is 32.3 Å². The first kappa shape index (κ1) is 18.7. The SMILES string of the molecule is CCCc1ccc(C(C)NCC(CO)Cc2ccccc2C)cc1. The molecule has 0 aliphatic rings. The Morgan fingerprint density at radius 3 is 2.38 bits per heavy atom. The van der Waals surface area contributed by atoms with Gasteiger partial charge in [-0.05, 0) is 54.9 Å². The van der Waals surface area contributed by atoms with Crippen molar-refractivity contribution in [2.45, 2.75) is 46.1 Å². The van der Waals surface area contributed by atoms with Gasteiger partial charge in [0.15, 0.2) is 0 Å². The number of benzene rings is 2. The highest BCUT2D eigenvalue weighted by atomic mass is 16.3. The van der Waals surface area contributed by atoms with E-state index in [1.54, 1.807) is 0 Å². The highest BCUT2D eigenvalue weighted by Gasteiger charge is 2.12. The molecule has 0 bridgehead atoms. The third-order valence-electron chi connectivity index (χ3n) is 4.76. The largest absolute Gasteiger partial charge is 0.396 e. The zero-order valence-corrected chi connectivity index (χ0v) is 15.3. The molecule has 0 fully saturated rings. The van der Waals surface area contributed by atoms with Crippen molar-refractivity contribution in [3.05, 3.63) is 70.8 Å². The van der Waals surface area contributed by atoms with E-state index in [4.69, 9.17) is 0 Å². The number of rotatable bonds is 9. The van der Waals surface area contributed by atoms with Crippen molar-refractivity contribution in [2.75, 3.05) is 13.2 Å². The minimum absolute atomic E-state index is 0.212. The first-order valence-electron chi connectivity index (χ1n) is 9.11. The van der Waals surface area contributed by atoms with Crippen LogP contribution >= 0.6 is 0 Å². The van der Waals surface area contributed by atoms with Gasteiger partial charge in [0.05, 0.1) is 0 Å². The van der Waals surface area contributed by atoms with E-state index in [2.05, 4.69) is 74.6 Å². The second kappa shape index (κ2) is 9.61. The molecule has 0 amide bonds. The second-order valence-corrected chi connectivity index (χ2v) is 6.80. The van der Waals surface area contributed by atoms with Crippen LogP contribution in [0.15, 0.2) is 48.5 Å². The van der Waals surface area contributed by atoms with Crippen LogP contribution in [0.1, 0.15) is 48.6 Å². The van der Waals surface area contributed by atoms with Crippen molar-refractivity contribution >= 4 is 0 Å². The van der Waals surface area contributed by atoms with Gasteiger partial charge in [-0.2, -0.15) is 0 Å². The van der Waals surface area contributed by atoms with Crippen LogP contribution in [-0.2, 0) is 12.8 Å². The molecule has 0 saturated carbocycles. The van der Waals surface area contributed by atoms with Crippen LogP contribution in [-0.4, -0.2) is 18.3 Å². The van der Waals surface area contributed by atoms with Crippen LogP contribution in [0.5, 0.6) is 0 Å². The lowest BCUT2D eigenvalue weighted by Gasteiger charge is -2.20. The standard InChI is InChI=1S/C22H31NO/c1-4-7-19-10-12-21(13-11-19)18(3)23-15-20(16-24)14-22-9-6-5-8-17(22)2/h5-6,8-13,18,20,23-24H,4,7,14-16H2,1-3H3. The van der Waals surface area contributed by atoms with E-state index < -0.39 is 0 Å².